The van der Waals surface area contributed by atoms with Gasteiger partial charge in [0.25, 0.3) is 0 Å². The van der Waals surface area contributed by atoms with Crippen molar-refractivity contribution in [2.24, 2.45) is 11.7 Å². The SMILES string of the molecule is NC1CCCC1C(=O)Nc1ccc2[nH]ccc2c1. The molecular formula is C14H17N3O. The smallest absolute Gasteiger partial charge is 0.229 e. The number of H-pyrrole nitrogens is 1. The van der Waals surface area contributed by atoms with Crippen molar-refractivity contribution in [1.29, 1.82) is 0 Å². The zero-order valence-corrected chi connectivity index (χ0v) is 10.1. The van der Waals surface area contributed by atoms with Gasteiger partial charge in [-0.1, -0.05) is 6.42 Å². The van der Waals surface area contributed by atoms with Gasteiger partial charge in [-0.25, -0.2) is 0 Å². The Hall–Kier alpha value is -1.81. The lowest BCUT2D eigenvalue weighted by atomic mass is 10.0. The second-order valence-corrected chi connectivity index (χ2v) is 4.97. The van der Waals surface area contributed by atoms with Gasteiger partial charge in [0.15, 0.2) is 0 Å². The van der Waals surface area contributed by atoms with Crippen molar-refractivity contribution >= 4 is 22.5 Å². The molecule has 2 unspecified atom stereocenters. The van der Waals surface area contributed by atoms with Gasteiger partial charge >= 0.3 is 0 Å². The average molecular weight is 243 g/mol. The van der Waals surface area contributed by atoms with Gasteiger partial charge in [-0.05, 0) is 37.1 Å². The largest absolute Gasteiger partial charge is 0.361 e. The molecule has 1 amide bonds. The molecule has 1 aromatic heterocycles. The maximum Gasteiger partial charge on any atom is 0.229 e. The van der Waals surface area contributed by atoms with E-state index in [-0.39, 0.29) is 17.9 Å². The third-order valence-electron chi connectivity index (χ3n) is 3.73. The van der Waals surface area contributed by atoms with Gasteiger partial charge in [-0.3, -0.25) is 4.79 Å². The summed E-state index contributed by atoms with van der Waals surface area (Å²) < 4.78 is 0. The van der Waals surface area contributed by atoms with Crippen LogP contribution in [0.15, 0.2) is 30.5 Å². The molecule has 1 aromatic carbocycles. The van der Waals surface area contributed by atoms with Crippen LogP contribution in [-0.4, -0.2) is 16.9 Å². The number of hydrogen-bond acceptors (Lipinski definition) is 2. The minimum Gasteiger partial charge on any atom is -0.361 e. The van der Waals surface area contributed by atoms with Crippen LogP contribution in [0.2, 0.25) is 0 Å². The van der Waals surface area contributed by atoms with Crippen LogP contribution < -0.4 is 11.1 Å². The Morgan fingerprint density at radius 1 is 1.33 bits per heavy atom. The van der Waals surface area contributed by atoms with Crippen LogP contribution in [0.1, 0.15) is 19.3 Å². The standard InChI is InChI=1S/C14H17N3O/c15-12-3-1-2-11(12)14(18)17-10-4-5-13-9(8-10)6-7-16-13/h4-8,11-12,16H,1-3,15H2,(H,17,18). The number of fused-ring (bicyclic) bond motifs is 1. The fourth-order valence-corrected chi connectivity index (χ4v) is 2.68. The van der Waals surface area contributed by atoms with E-state index in [1.165, 1.54) is 0 Å². The molecule has 0 spiro atoms. The molecule has 0 radical (unpaired) electrons. The number of rotatable bonds is 2. The zero-order chi connectivity index (χ0) is 12.5. The van der Waals surface area contributed by atoms with Gasteiger partial charge in [-0.15, -0.1) is 0 Å². The topological polar surface area (TPSA) is 70.9 Å². The molecule has 1 saturated carbocycles. The van der Waals surface area contributed by atoms with Crippen molar-refractivity contribution in [3.63, 3.8) is 0 Å². The summed E-state index contributed by atoms with van der Waals surface area (Å²) in [6.45, 7) is 0. The van der Waals surface area contributed by atoms with Crippen LogP contribution in [0.5, 0.6) is 0 Å². The molecule has 0 bridgehead atoms. The molecule has 4 N–H and O–H groups in total. The number of nitrogens with two attached hydrogens (primary N) is 1. The predicted octanol–water partition coefficient (Wildman–Crippen LogP) is 2.23. The normalized spacial score (nSPS) is 23.4. The number of aromatic amines is 1. The molecule has 0 aliphatic heterocycles. The predicted molar refractivity (Wildman–Crippen MR) is 72.2 cm³/mol. The van der Waals surface area contributed by atoms with Crippen LogP contribution in [0.4, 0.5) is 5.69 Å². The lowest BCUT2D eigenvalue weighted by molar-refractivity contribution is -0.120. The molecule has 94 valence electrons. The summed E-state index contributed by atoms with van der Waals surface area (Å²) in [6.07, 6.45) is 4.80. The van der Waals surface area contributed by atoms with E-state index >= 15 is 0 Å². The van der Waals surface area contributed by atoms with Crippen LogP contribution in [0.3, 0.4) is 0 Å². The second-order valence-electron chi connectivity index (χ2n) is 4.97. The number of nitrogens with one attached hydrogen (secondary N) is 2. The van der Waals surface area contributed by atoms with Gasteiger partial charge in [-0.2, -0.15) is 0 Å². The molecule has 18 heavy (non-hydrogen) atoms. The monoisotopic (exact) mass is 243 g/mol. The summed E-state index contributed by atoms with van der Waals surface area (Å²) in [6, 6.07) is 7.87. The van der Waals surface area contributed by atoms with E-state index in [1.54, 1.807) is 0 Å². The van der Waals surface area contributed by atoms with Gasteiger partial charge in [0.1, 0.15) is 0 Å². The summed E-state index contributed by atoms with van der Waals surface area (Å²) >= 11 is 0. The van der Waals surface area contributed by atoms with Crippen LogP contribution >= 0.6 is 0 Å². The number of hydrogen-bond donors (Lipinski definition) is 3. The summed E-state index contributed by atoms with van der Waals surface area (Å²) in [5.74, 6) is 0.0156. The first-order valence-corrected chi connectivity index (χ1v) is 6.37. The minimum absolute atomic E-state index is 0.0148. The highest BCUT2D eigenvalue weighted by atomic mass is 16.1. The number of anilines is 1. The Morgan fingerprint density at radius 2 is 2.22 bits per heavy atom. The lowest BCUT2D eigenvalue weighted by Gasteiger charge is -2.15. The number of amides is 1. The molecule has 4 heteroatoms. The molecule has 1 heterocycles. The van der Waals surface area contributed by atoms with Crippen molar-refractivity contribution in [1.82, 2.24) is 4.98 Å². The second kappa shape index (κ2) is 4.46. The Bertz CT molecular complexity index is 575. The third kappa shape index (κ3) is 1.99. The summed E-state index contributed by atoms with van der Waals surface area (Å²) in [5.41, 5.74) is 7.86. The Kier molecular flexibility index (Phi) is 2.80. The van der Waals surface area contributed by atoms with E-state index < -0.39 is 0 Å². The van der Waals surface area contributed by atoms with Crippen LogP contribution in [0.25, 0.3) is 10.9 Å². The minimum atomic E-state index is -0.0353. The van der Waals surface area contributed by atoms with Crippen LogP contribution in [-0.2, 0) is 4.79 Å². The molecule has 3 rings (SSSR count). The van der Waals surface area contributed by atoms with Crippen molar-refractivity contribution in [2.75, 3.05) is 5.32 Å². The summed E-state index contributed by atoms with van der Waals surface area (Å²) in [7, 11) is 0. The van der Waals surface area contributed by atoms with E-state index in [9.17, 15) is 4.79 Å². The van der Waals surface area contributed by atoms with E-state index in [0.717, 1.165) is 35.9 Å². The van der Waals surface area contributed by atoms with Crippen LogP contribution in [0, 0.1) is 5.92 Å². The van der Waals surface area contributed by atoms with Gasteiger partial charge in [0, 0.05) is 28.8 Å². The number of carbonyl (C=O) groups excluding carboxylic acids is 1. The molecule has 1 fully saturated rings. The van der Waals surface area contributed by atoms with Crippen molar-refractivity contribution in [2.45, 2.75) is 25.3 Å². The van der Waals surface area contributed by atoms with E-state index in [0.29, 0.717) is 0 Å². The summed E-state index contributed by atoms with van der Waals surface area (Å²) in [4.78, 5) is 15.2. The first kappa shape index (κ1) is 11.3. The van der Waals surface area contributed by atoms with Crippen molar-refractivity contribution < 1.29 is 4.79 Å². The maximum absolute atomic E-state index is 12.1. The molecule has 4 nitrogen and oxygen atoms in total. The fourth-order valence-electron chi connectivity index (χ4n) is 2.68. The van der Waals surface area contributed by atoms with E-state index in [4.69, 9.17) is 5.73 Å². The van der Waals surface area contributed by atoms with Gasteiger partial charge in [0.2, 0.25) is 5.91 Å². The average Bonchev–Trinajstić information content (AvgIpc) is 2.96. The Morgan fingerprint density at radius 3 is 3.00 bits per heavy atom. The molecule has 1 aliphatic rings. The number of aromatic nitrogens is 1. The Balaban J connectivity index is 1.77. The fraction of sp³-hybridized carbons (Fsp3) is 0.357. The highest BCUT2D eigenvalue weighted by Gasteiger charge is 2.30. The first-order chi connectivity index (χ1) is 8.74. The first-order valence-electron chi connectivity index (χ1n) is 6.37. The Labute approximate surface area is 106 Å². The van der Waals surface area contributed by atoms with Crippen molar-refractivity contribution in [3.8, 4) is 0 Å². The lowest BCUT2D eigenvalue weighted by Crippen LogP contribution is -2.34. The quantitative estimate of drug-likeness (QED) is 0.757. The third-order valence-corrected chi connectivity index (χ3v) is 3.73. The van der Waals surface area contributed by atoms with E-state index in [1.807, 2.05) is 30.5 Å². The highest BCUT2D eigenvalue weighted by Crippen LogP contribution is 2.26. The van der Waals surface area contributed by atoms with Gasteiger partial charge in [0.05, 0.1) is 5.92 Å². The number of carbonyl (C=O) groups is 1. The molecule has 2 atom stereocenters. The van der Waals surface area contributed by atoms with Crippen molar-refractivity contribution in [3.05, 3.63) is 30.5 Å². The molecule has 2 aromatic rings. The molecule has 1 aliphatic carbocycles. The summed E-state index contributed by atoms with van der Waals surface area (Å²) in [5, 5.41) is 4.06. The molecular weight excluding hydrogens is 226 g/mol. The number of benzene rings is 1. The van der Waals surface area contributed by atoms with E-state index in [2.05, 4.69) is 10.3 Å². The van der Waals surface area contributed by atoms with Gasteiger partial charge < -0.3 is 16.0 Å². The maximum atomic E-state index is 12.1. The molecule has 0 saturated heterocycles. The highest BCUT2D eigenvalue weighted by molar-refractivity contribution is 5.95. The zero-order valence-electron chi connectivity index (χ0n) is 10.1.